The highest BCUT2D eigenvalue weighted by atomic mass is 19.1. The van der Waals surface area contributed by atoms with Gasteiger partial charge in [0.1, 0.15) is 0 Å². The molecule has 5 rings (SSSR count). The molecule has 5 aromatic rings. The molecule has 154 valence electrons. The Hall–Kier alpha value is -4.27. The lowest BCUT2D eigenvalue weighted by Crippen LogP contribution is -2.20. The molecule has 0 saturated carbocycles. The fraction of sp³-hybridized carbons (Fsp3) is 0.0909. The highest BCUT2D eigenvalue weighted by molar-refractivity contribution is 5.93. The summed E-state index contributed by atoms with van der Waals surface area (Å²) in [5.41, 5.74) is 3.27. The van der Waals surface area contributed by atoms with Crippen LogP contribution in [0.25, 0.3) is 22.2 Å². The first-order chi connectivity index (χ1) is 15.2. The predicted octanol–water partition coefficient (Wildman–Crippen LogP) is 5.05. The molecule has 0 aliphatic rings. The molecule has 31 heavy (non-hydrogen) atoms. The number of nitrogens with one attached hydrogen (secondary N) is 2. The molecule has 0 fully saturated rings. The maximum Gasteiger partial charge on any atom is 0.229 e. The number of hydrogen-bond acceptors (Lipinski definition) is 7. The highest BCUT2D eigenvalue weighted by Crippen LogP contribution is 2.32. The summed E-state index contributed by atoms with van der Waals surface area (Å²) in [5, 5.41) is 11.1. The topological polar surface area (TPSA) is 95.8 Å². The molecule has 0 aliphatic heterocycles. The Morgan fingerprint density at radius 3 is 2.87 bits per heavy atom. The second-order valence-electron chi connectivity index (χ2n) is 6.79. The zero-order valence-electron chi connectivity index (χ0n) is 16.6. The molecule has 0 aliphatic carbocycles. The Morgan fingerprint density at radius 1 is 1.13 bits per heavy atom. The normalized spacial score (nSPS) is 11.0. The van der Waals surface area contributed by atoms with Gasteiger partial charge in [0.15, 0.2) is 23.8 Å². The summed E-state index contributed by atoms with van der Waals surface area (Å²) in [4.78, 5) is 14.3. The number of aromatic nitrogens is 5. The fourth-order valence-electron chi connectivity index (χ4n) is 3.47. The maximum absolute atomic E-state index is 14.8. The van der Waals surface area contributed by atoms with Crippen molar-refractivity contribution in [1.29, 1.82) is 0 Å². The van der Waals surface area contributed by atoms with Gasteiger partial charge in [0.25, 0.3) is 0 Å². The average molecular weight is 415 g/mol. The van der Waals surface area contributed by atoms with Gasteiger partial charge in [-0.05, 0) is 31.2 Å². The quantitative estimate of drug-likeness (QED) is 0.401. The van der Waals surface area contributed by atoms with Gasteiger partial charge < -0.3 is 14.6 Å². The van der Waals surface area contributed by atoms with E-state index in [1.807, 2.05) is 49.4 Å². The third-order valence-electron chi connectivity index (χ3n) is 4.89. The molecule has 0 radical (unpaired) electrons. The van der Waals surface area contributed by atoms with Gasteiger partial charge in [-0.2, -0.15) is 10.1 Å². The van der Waals surface area contributed by atoms with Crippen LogP contribution in [0.2, 0.25) is 0 Å². The Morgan fingerprint density at radius 2 is 2.03 bits per heavy atom. The van der Waals surface area contributed by atoms with Gasteiger partial charge in [0, 0.05) is 23.2 Å². The van der Waals surface area contributed by atoms with E-state index in [2.05, 4.69) is 30.5 Å². The van der Waals surface area contributed by atoms with Crippen LogP contribution in [0.3, 0.4) is 0 Å². The highest BCUT2D eigenvalue weighted by Gasteiger charge is 2.18. The van der Waals surface area contributed by atoms with Crippen molar-refractivity contribution in [1.82, 2.24) is 25.1 Å². The van der Waals surface area contributed by atoms with Crippen LogP contribution in [0.15, 0.2) is 71.9 Å². The maximum atomic E-state index is 14.8. The monoisotopic (exact) mass is 415 g/mol. The summed E-state index contributed by atoms with van der Waals surface area (Å²) >= 11 is 0. The van der Waals surface area contributed by atoms with E-state index in [1.165, 1.54) is 12.6 Å². The number of aromatic amines is 1. The molecule has 0 amide bonds. The van der Waals surface area contributed by atoms with E-state index in [1.54, 1.807) is 17.3 Å². The number of anilines is 4. The summed E-state index contributed by atoms with van der Waals surface area (Å²) in [6, 6.07) is 13.3. The van der Waals surface area contributed by atoms with Gasteiger partial charge in [0.2, 0.25) is 5.95 Å². The third-order valence-corrected chi connectivity index (χ3v) is 4.89. The zero-order valence-corrected chi connectivity index (χ0v) is 16.6. The number of oxazole rings is 1. The number of rotatable bonds is 6. The van der Waals surface area contributed by atoms with Gasteiger partial charge >= 0.3 is 0 Å². The molecule has 0 spiro atoms. The van der Waals surface area contributed by atoms with Crippen LogP contribution >= 0.6 is 0 Å². The Kier molecular flexibility index (Phi) is 4.75. The van der Waals surface area contributed by atoms with Gasteiger partial charge in [-0.25, -0.2) is 14.4 Å². The SMILES string of the molecule is CCN(c1nc(Nc2cccc(-c3cnco3)c2)ncc1F)c1cccc2[nH]ncc12. The van der Waals surface area contributed by atoms with Gasteiger partial charge in [-0.1, -0.05) is 18.2 Å². The minimum atomic E-state index is -0.511. The largest absolute Gasteiger partial charge is 0.444 e. The van der Waals surface area contributed by atoms with E-state index in [0.29, 0.717) is 12.3 Å². The molecular weight excluding hydrogens is 397 g/mol. The Balaban J connectivity index is 1.49. The minimum absolute atomic E-state index is 0.181. The first-order valence-corrected chi connectivity index (χ1v) is 9.71. The molecule has 3 heterocycles. The second kappa shape index (κ2) is 7.86. The van der Waals surface area contributed by atoms with Crippen LogP contribution in [0.1, 0.15) is 6.92 Å². The molecule has 8 nitrogen and oxygen atoms in total. The molecular formula is C22H18FN7O. The molecule has 0 saturated heterocycles. The van der Waals surface area contributed by atoms with Crippen molar-refractivity contribution >= 4 is 34.0 Å². The Labute approximate surface area is 176 Å². The van der Waals surface area contributed by atoms with Crippen LogP contribution < -0.4 is 10.2 Å². The lowest BCUT2D eigenvalue weighted by molar-refractivity contribution is 0.572. The lowest BCUT2D eigenvalue weighted by atomic mass is 10.1. The number of hydrogen-bond donors (Lipinski definition) is 2. The first kappa shape index (κ1) is 18.7. The fourth-order valence-corrected chi connectivity index (χ4v) is 3.47. The molecule has 3 aromatic heterocycles. The van der Waals surface area contributed by atoms with Crippen molar-refractivity contribution in [2.24, 2.45) is 0 Å². The van der Waals surface area contributed by atoms with Gasteiger partial charge in [-0.15, -0.1) is 0 Å². The van der Waals surface area contributed by atoms with Gasteiger partial charge in [0.05, 0.1) is 29.8 Å². The van der Waals surface area contributed by atoms with E-state index in [-0.39, 0.29) is 11.8 Å². The van der Waals surface area contributed by atoms with Crippen LogP contribution in [0, 0.1) is 5.82 Å². The van der Waals surface area contributed by atoms with Crippen LogP contribution in [-0.2, 0) is 0 Å². The third kappa shape index (κ3) is 3.57. The van der Waals surface area contributed by atoms with Crippen LogP contribution in [-0.4, -0.2) is 31.7 Å². The lowest BCUT2D eigenvalue weighted by Gasteiger charge is -2.23. The molecule has 0 atom stereocenters. The van der Waals surface area contributed by atoms with Crippen LogP contribution in [0.5, 0.6) is 0 Å². The van der Waals surface area contributed by atoms with Gasteiger partial charge in [-0.3, -0.25) is 5.10 Å². The molecule has 0 unspecified atom stereocenters. The zero-order chi connectivity index (χ0) is 21.2. The summed E-state index contributed by atoms with van der Waals surface area (Å²) in [7, 11) is 0. The molecule has 2 N–H and O–H groups in total. The number of nitrogens with zero attached hydrogens (tertiary/aromatic N) is 5. The van der Waals surface area contributed by atoms with Crippen molar-refractivity contribution in [2.45, 2.75) is 6.92 Å². The smallest absolute Gasteiger partial charge is 0.229 e. The number of halogens is 1. The van der Waals surface area contributed by atoms with E-state index in [4.69, 9.17) is 4.42 Å². The van der Waals surface area contributed by atoms with Crippen molar-refractivity contribution in [3.63, 3.8) is 0 Å². The van der Waals surface area contributed by atoms with Crippen molar-refractivity contribution in [2.75, 3.05) is 16.8 Å². The van der Waals surface area contributed by atoms with E-state index < -0.39 is 5.82 Å². The number of benzene rings is 2. The van der Waals surface area contributed by atoms with Crippen LogP contribution in [0.4, 0.5) is 27.5 Å². The summed E-state index contributed by atoms with van der Waals surface area (Å²) in [6.45, 7) is 2.45. The minimum Gasteiger partial charge on any atom is -0.444 e. The molecule has 0 bridgehead atoms. The second-order valence-corrected chi connectivity index (χ2v) is 6.79. The predicted molar refractivity (Wildman–Crippen MR) is 116 cm³/mol. The number of H-pyrrole nitrogens is 1. The number of fused-ring (bicyclic) bond motifs is 1. The summed E-state index contributed by atoms with van der Waals surface area (Å²) < 4.78 is 20.1. The average Bonchev–Trinajstić information content (AvgIpc) is 3.49. The van der Waals surface area contributed by atoms with Crippen molar-refractivity contribution < 1.29 is 8.81 Å². The van der Waals surface area contributed by atoms with E-state index >= 15 is 0 Å². The standard InChI is InChI=1S/C22H18FN7O/c1-2-30(19-8-4-7-18-16(19)10-26-29-18)21-17(23)11-25-22(28-21)27-15-6-3-5-14(9-15)20-12-24-13-31-20/h3-13H,2H2,1H3,(H,26,29)(H,25,27,28). The van der Waals surface area contributed by atoms with Crippen molar-refractivity contribution in [3.8, 4) is 11.3 Å². The summed E-state index contributed by atoms with van der Waals surface area (Å²) in [5.74, 6) is 0.599. The summed E-state index contributed by atoms with van der Waals surface area (Å²) in [6.07, 6.45) is 5.91. The Bertz CT molecular complexity index is 1330. The first-order valence-electron chi connectivity index (χ1n) is 9.71. The molecule has 2 aromatic carbocycles. The molecule has 9 heteroatoms. The van der Waals surface area contributed by atoms with Crippen molar-refractivity contribution in [3.05, 3.63) is 73.3 Å². The van der Waals surface area contributed by atoms with E-state index in [0.717, 1.165) is 27.8 Å². The van der Waals surface area contributed by atoms with E-state index in [9.17, 15) is 4.39 Å².